The average Bonchev–Trinajstić information content (AvgIpc) is 3.23. The van der Waals surface area contributed by atoms with Gasteiger partial charge in [-0.05, 0) is 48.3 Å². The van der Waals surface area contributed by atoms with E-state index < -0.39 is 15.5 Å². The van der Waals surface area contributed by atoms with Crippen molar-refractivity contribution < 1.29 is 17.4 Å². The lowest BCUT2D eigenvalue weighted by Crippen LogP contribution is -2.43. The van der Waals surface area contributed by atoms with Crippen molar-refractivity contribution in [1.82, 2.24) is 9.78 Å². The predicted octanol–water partition coefficient (Wildman–Crippen LogP) is 5.41. The first-order valence-electron chi connectivity index (χ1n) is 10.4. The fourth-order valence-corrected chi connectivity index (χ4v) is 7.11. The summed E-state index contributed by atoms with van der Waals surface area (Å²) in [6, 6.07) is 6.52. The molecule has 2 aromatic rings. The van der Waals surface area contributed by atoms with Gasteiger partial charge in [-0.1, -0.05) is 50.9 Å². The molecule has 4 rings (SSSR count). The zero-order valence-corrected chi connectivity index (χ0v) is 20.3. The standard InChI is InChI=1S/C22H26Cl2N2O4S/c1-13(2)18-11-20(26(25-18)15-5-6-16(23)17(24)10-15)30-31(28,29)12-22-8-7-14(9-19(22)27)21(22,3)4/h5-6,10-11,13-14H,7-9,12H2,1-4H3. The fourth-order valence-electron chi connectivity index (χ4n) is 5.09. The van der Waals surface area contributed by atoms with Crippen LogP contribution in [0.25, 0.3) is 5.69 Å². The van der Waals surface area contributed by atoms with Crippen molar-refractivity contribution in [3.05, 3.63) is 40.0 Å². The Hall–Kier alpha value is -1.57. The number of hydrogen-bond acceptors (Lipinski definition) is 5. The van der Waals surface area contributed by atoms with Crippen LogP contribution in [0.4, 0.5) is 0 Å². The van der Waals surface area contributed by atoms with Crippen LogP contribution in [-0.2, 0) is 14.9 Å². The molecule has 31 heavy (non-hydrogen) atoms. The van der Waals surface area contributed by atoms with Crippen molar-refractivity contribution in [2.75, 3.05) is 5.75 Å². The number of ketones is 1. The molecule has 1 aromatic carbocycles. The van der Waals surface area contributed by atoms with Crippen LogP contribution in [0, 0.1) is 16.7 Å². The van der Waals surface area contributed by atoms with E-state index in [4.69, 9.17) is 27.4 Å². The van der Waals surface area contributed by atoms with Gasteiger partial charge in [0.1, 0.15) is 5.78 Å². The largest absolute Gasteiger partial charge is 0.361 e. The Bertz CT molecular complexity index is 1160. The molecule has 2 atom stereocenters. The highest BCUT2D eigenvalue weighted by molar-refractivity contribution is 7.87. The number of fused-ring (bicyclic) bond motifs is 2. The highest BCUT2D eigenvalue weighted by Gasteiger charge is 2.65. The molecule has 0 spiro atoms. The first-order chi connectivity index (χ1) is 14.4. The van der Waals surface area contributed by atoms with Gasteiger partial charge in [-0.15, -0.1) is 0 Å². The Balaban J connectivity index is 1.70. The maximum Gasteiger partial charge on any atom is 0.311 e. The number of rotatable bonds is 6. The third-order valence-corrected chi connectivity index (χ3v) is 9.22. The van der Waals surface area contributed by atoms with E-state index in [0.29, 0.717) is 34.3 Å². The summed E-state index contributed by atoms with van der Waals surface area (Å²) in [6.07, 6.45) is 1.89. The topological polar surface area (TPSA) is 78.3 Å². The Morgan fingerprint density at radius 3 is 2.48 bits per heavy atom. The monoisotopic (exact) mass is 484 g/mol. The van der Waals surface area contributed by atoms with Gasteiger partial charge < -0.3 is 4.18 Å². The number of Topliss-reactive ketones (excluding diaryl/α,β-unsaturated/α-hetero) is 1. The number of nitrogens with zero attached hydrogens (tertiary/aromatic N) is 2. The van der Waals surface area contributed by atoms with Gasteiger partial charge in [0.15, 0.2) is 0 Å². The molecule has 9 heteroatoms. The zero-order valence-electron chi connectivity index (χ0n) is 18.0. The highest BCUT2D eigenvalue weighted by atomic mass is 35.5. The highest BCUT2D eigenvalue weighted by Crippen LogP contribution is 2.64. The number of benzene rings is 1. The van der Waals surface area contributed by atoms with Crippen LogP contribution in [0.2, 0.25) is 10.0 Å². The number of carbonyl (C=O) groups is 1. The van der Waals surface area contributed by atoms with Crippen molar-refractivity contribution in [3.63, 3.8) is 0 Å². The van der Waals surface area contributed by atoms with Crippen LogP contribution in [0.15, 0.2) is 24.3 Å². The lowest BCUT2D eigenvalue weighted by molar-refractivity contribution is -0.128. The average molecular weight is 485 g/mol. The Kier molecular flexibility index (Phi) is 5.47. The SMILES string of the molecule is CC(C)c1cc(OS(=O)(=O)CC23CCC(CC2=O)C3(C)C)n(-c2ccc(Cl)c(Cl)c2)n1. The van der Waals surface area contributed by atoms with E-state index >= 15 is 0 Å². The first kappa shape index (κ1) is 22.6. The second-order valence-corrected chi connectivity index (χ2v) is 11.9. The molecule has 0 aliphatic heterocycles. The second-order valence-electron chi connectivity index (χ2n) is 9.52. The van der Waals surface area contributed by atoms with Gasteiger partial charge in [-0.25, -0.2) is 0 Å². The first-order valence-corrected chi connectivity index (χ1v) is 12.7. The molecule has 2 aliphatic rings. The van der Waals surface area contributed by atoms with E-state index in [1.165, 1.54) is 4.68 Å². The summed E-state index contributed by atoms with van der Waals surface area (Å²) in [5.74, 6) is 0.0486. The summed E-state index contributed by atoms with van der Waals surface area (Å²) in [7, 11) is -4.07. The minimum atomic E-state index is -4.07. The molecule has 2 fully saturated rings. The molecular formula is C22H26Cl2N2O4S. The van der Waals surface area contributed by atoms with Crippen LogP contribution < -0.4 is 4.18 Å². The van der Waals surface area contributed by atoms with E-state index in [9.17, 15) is 13.2 Å². The van der Waals surface area contributed by atoms with Crippen molar-refractivity contribution in [2.24, 2.45) is 16.7 Å². The van der Waals surface area contributed by atoms with E-state index in [2.05, 4.69) is 5.10 Å². The molecule has 2 saturated carbocycles. The van der Waals surface area contributed by atoms with Crippen molar-refractivity contribution >= 4 is 39.1 Å². The molecule has 1 heterocycles. The van der Waals surface area contributed by atoms with Gasteiger partial charge >= 0.3 is 10.1 Å². The molecule has 1 aromatic heterocycles. The summed E-state index contributed by atoms with van der Waals surface area (Å²) < 4.78 is 33.4. The van der Waals surface area contributed by atoms with Gasteiger partial charge in [0.25, 0.3) is 0 Å². The molecule has 2 aliphatic carbocycles. The normalized spacial score (nSPS) is 24.9. The second kappa shape index (κ2) is 7.49. The lowest BCUT2D eigenvalue weighted by Gasteiger charge is -2.35. The third-order valence-electron chi connectivity index (χ3n) is 7.21. The molecule has 6 nitrogen and oxygen atoms in total. The molecular weight excluding hydrogens is 459 g/mol. The minimum Gasteiger partial charge on any atom is -0.361 e. The molecule has 0 amide bonds. The van der Waals surface area contributed by atoms with Crippen molar-refractivity contribution in [2.45, 2.75) is 52.9 Å². The van der Waals surface area contributed by atoms with Crippen LogP contribution in [0.3, 0.4) is 0 Å². The van der Waals surface area contributed by atoms with Crippen molar-refractivity contribution in [3.8, 4) is 11.6 Å². The lowest BCUT2D eigenvalue weighted by atomic mass is 9.70. The summed E-state index contributed by atoms with van der Waals surface area (Å²) >= 11 is 12.2. The van der Waals surface area contributed by atoms with E-state index in [1.807, 2.05) is 27.7 Å². The molecule has 2 unspecified atom stereocenters. The third kappa shape index (κ3) is 3.68. The molecule has 2 bridgehead atoms. The van der Waals surface area contributed by atoms with E-state index in [1.54, 1.807) is 24.3 Å². The molecule has 168 valence electrons. The smallest absolute Gasteiger partial charge is 0.311 e. The van der Waals surface area contributed by atoms with Crippen LogP contribution in [0.1, 0.15) is 58.6 Å². The van der Waals surface area contributed by atoms with Crippen LogP contribution in [0.5, 0.6) is 5.88 Å². The number of halogens is 2. The maximum atomic E-state index is 13.2. The van der Waals surface area contributed by atoms with Gasteiger partial charge in [-0.3, -0.25) is 4.79 Å². The molecule has 0 radical (unpaired) electrons. The zero-order chi connectivity index (χ0) is 22.8. The summed E-state index contributed by atoms with van der Waals surface area (Å²) in [6.45, 7) is 7.91. The predicted molar refractivity (Wildman–Crippen MR) is 121 cm³/mol. The Morgan fingerprint density at radius 2 is 1.94 bits per heavy atom. The van der Waals surface area contributed by atoms with Gasteiger partial charge in [-0.2, -0.15) is 18.2 Å². The molecule has 0 saturated heterocycles. The van der Waals surface area contributed by atoms with Gasteiger partial charge in [0.2, 0.25) is 5.88 Å². The van der Waals surface area contributed by atoms with E-state index in [-0.39, 0.29) is 34.7 Å². The summed E-state index contributed by atoms with van der Waals surface area (Å²) in [5, 5.41) is 5.22. The molecule has 0 N–H and O–H groups in total. The van der Waals surface area contributed by atoms with Gasteiger partial charge in [0, 0.05) is 12.5 Å². The number of hydrogen-bond donors (Lipinski definition) is 0. The Labute approximate surface area is 193 Å². The Morgan fingerprint density at radius 1 is 1.23 bits per heavy atom. The van der Waals surface area contributed by atoms with Crippen molar-refractivity contribution in [1.29, 1.82) is 0 Å². The number of carbonyl (C=O) groups excluding carboxylic acids is 1. The number of aromatic nitrogens is 2. The van der Waals surface area contributed by atoms with E-state index in [0.717, 1.165) is 6.42 Å². The fraction of sp³-hybridized carbons (Fsp3) is 0.545. The maximum absolute atomic E-state index is 13.2. The van der Waals surface area contributed by atoms with Crippen LogP contribution in [-0.4, -0.2) is 29.7 Å². The van der Waals surface area contributed by atoms with Gasteiger partial charge in [0.05, 0.1) is 32.6 Å². The summed E-state index contributed by atoms with van der Waals surface area (Å²) in [5.41, 5.74) is -0.0603. The summed E-state index contributed by atoms with van der Waals surface area (Å²) in [4.78, 5) is 12.8. The quantitative estimate of drug-likeness (QED) is 0.512. The van der Waals surface area contributed by atoms with Crippen LogP contribution >= 0.6 is 23.2 Å². The minimum absolute atomic E-state index is 0.0294.